The molecule has 1 heterocycles. The second-order valence-electron chi connectivity index (χ2n) is 3.98. The van der Waals surface area contributed by atoms with Gasteiger partial charge >= 0.3 is 0 Å². The quantitative estimate of drug-likeness (QED) is 0.785. The fourth-order valence-corrected chi connectivity index (χ4v) is 1.39. The molecule has 0 saturated heterocycles. The number of nitrogens with two attached hydrogens (primary N) is 1. The second-order valence-corrected chi connectivity index (χ2v) is 3.98. The molecule has 0 saturated carbocycles. The lowest BCUT2D eigenvalue weighted by molar-refractivity contribution is -0.0288. The molecule has 0 aliphatic heterocycles. The van der Waals surface area contributed by atoms with Crippen molar-refractivity contribution in [3.63, 3.8) is 0 Å². The van der Waals surface area contributed by atoms with Gasteiger partial charge in [-0.2, -0.15) is 0 Å². The van der Waals surface area contributed by atoms with Crippen LogP contribution in [0.4, 0.5) is 0 Å². The summed E-state index contributed by atoms with van der Waals surface area (Å²) in [4.78, 5) is 0. The smallest absolute Gasteiger partial charge is 0.0935 e. The van der Waals surface area contributed by atoms with Gasteiger partial charge in [-0.15, -0.1) is 0 Å². The van der Waals surface area contributed by atoms with Crippen molar-refractivity contribution >= 4 is 0 Å². The van der Waals surface area contributed by atoms with Crippen LogP contribution in [0.5, 0.6) is 0 Å². The highest BCUT2D eigenvalue weighted by molar-refractivity contribution is 5.08. The fourth-order valence-electron chi connectivity index (χ4n) is 1.39. The van der Waals surface area contributed by atoms with Gasteiger partial charge in [0.15, 0.2) is 0 Å². The molecule has 0 radical (unpaired) electrons. The van der Waals surface area contributed by atoms with Crippen molar-refractivity contribution < 1.29 is 9.15 Å². The molecule has 1 aromatic heterocycles. The molecule has 14 heavy (non-hydrogen) atoms. The summed E-state index contributed by atoms with van der Waals surface area (Å²) in [5.41, 5.74) is 6.89. The van der Waals surface area contributed by atoms with Crippen LogP contribution in [0.15, 0.2) is 23.0 Å². The average molecular weight is 197 g/mol. The largest absolute Gasteiger partial charge is 0.472 e. The SMILES string of the molecule is CCOC(C)(C)C(N)Cc1ccoc1. The monoisotopic (exact) mass is 197 g/mol. The van der Waals surface area contributed by atoms with Gasteiger partial charge in [0.05, 0.1) is 18.1 Å². The molecular formula is C11H19NO2. The Bertz CT molecular complexity index is 254. The predicted octanol–water partition coefficient (Wildman–Crippen LogP) is 1.96. The zero-order valence-electron chi connectivity index (χ0n) is 9.12. The van der Waals surface area contributed by atoms with Gasteiger partial charge in [0.25, 0.3) is 0 Å². The molecule has 2 N–H and O–H groups in total. The first-order chi connectivity index (χ1) is 6.56. The lowest BCUT2D eigenvalue weighted by atomic mass is 9.94. The summed E-state index contributed by atoms with van der Waals surface area (Å²) in [7, 11) is 0. The maximum absolute atomic E-state index is 6.06. The van der Waals surface area contributed by atoms with E-state index in [0.29, 0.717) is 6.61 Å². The number of hydrogen-bond donors (Lipinski definition) is 1. The lowest BCUT2D eigenvalue weighted by Gasteiger charge is -2.31. The maximum atomic E-state index is 6.06. The Morgan fingerprint density at radius 2 is 2.29 bits per heavy atom. The highest BCUT2D eigenvalue weighted by Crippen LogP contribution is 2.17. The highest BCUT2D eigenvalue weighted by atomic mass is 16.5. The molecule has 0 amide bonds. The molecule has 0 fully saturated rings. The van der Waals surface area contributed by atoms with Gasteiger partial charge in [-0.25, -0.2) is 0 Å². The molecule has 1 unspecified atom stereocenters. The summed E-state index contributed by atoms with van der Waals surface area (Å²) in [5.74, 6) is 0. The maximum Gasteiger partial charge on any atom is 0.0935 e. The highest BCUT2D eigenvalue weighted by Gasteiger charge is 2.26. The van der Waals surface area contributed by atoms with Crippen LogP contribution in [-0.4, -0.2) is 18.2 Å². The van der Waals surface area contributed by atoms with E-state index in [1.54, 1.807) is 12.5 Å². The minimum atomic E-state index is -0.286. The summed E-state index contributed by atoms with van der Waals surface area (Å²) in [5, 5.41) is 0. The van der Waals surface area contributed by atoms with Crippen molar-refractivity contribution in [1.82, 2.24) is 0 Å². The molecule has 0 aliphatic carbocycles. The average Bonchev–Trinajstić information content (AvgIpc) is 2.56. The number of furan rings is 1. The Morgan fingerprint density at radius 1 is 1.57 bits per heavy atom. The zero-order valence-corrected chi connectivity index (χ0v) is 9.12. The molecule has 0 bridgehead atoms. The van der Waals surface area contributed by atoms with Crippen molar-refractivity contribution in [3.8, 4) is 0 Å². The van der Waals surface area contributed by atoms with E-state index in [1.807, 2.05) is 26.8 Å². The van der Waals surface area contributed by atoms with Gasteiger partial charge in [0, 0.05) is 12.6 Å². The molecule has 3 nitrogen and oxygen atoms in total. The van der Waals surface area contributed by atoms with E-state index in [1.165, 1.54) is 0 Å². The van der Waals surface area contributed by atoms with E-state index in [2.05, 4.69) is 0 Å². The van der Waals surface area contributed by atoms with Crippen LogP contribution in [0.2, 0.25) is 0 Å². The Labute approximate surface area is 85.2 Å². The molecule has 3 heteroatoms. The minimum absolute atomic E-state index is 0.0138. The predicted molar refractivity (Wildman–Crippen MR) is 56.1 cm³/mol. The third kappa shape index (κ3) is 2.86. The Balaban J connectivity index is 2.52. The van der Waals surface area contributed by atoms with Gasteiger partial charge in [-0.3, -0.25) is 0 Å². The zero-order chi connectivity index (χ0) is 10.6. The molecule has 0 spiro atoms. The normalized spacial score (nSPS) is 14.3. The first-order valence-electron chi connectivity index (χ1n) is 4.97. The molecule has 0 aliphatic rings. The van der Waals surface area contributed by atoms with Gasteiger partial charge in [-0.1, -0.05) is 0 Å². The van der Waals surface area contributed by atoms with Crippen molar-refractivity contribution in [3.05, 3.63) is 24.2 Å². The van der Waals surface area contributed by atoms with Crippen LogP contribution < -0.4 is 5.73 Å². The number of ether oxygens (including phenoxy) is 1. The summed E-state index contributed by atoms with van der Waals surface area (Å²) >= 11 is 0. The summed E-state index contributed by atoms with van der Waals surface area (Å²) in [6, 6.07) is 1.92. The van der Waals surface area contributed by atoms with E-state index < -0.39 is 0 Å². The Hall–Kier alpha value is -0.800. The van der Waals surface area contributed by atoms with E-state index in [-0.39, 0.29) is 11.6 Å². The van der Waals surface area contributed by atoms with E-state index >= 15 is 0 Å². The second kappa shape index (κ2) is 4.62. The molecule has 1 rings (SSSR count). The molecule has 1 aromatic rings. The summed E-state index contributed by atoms with van der Waals surface area (Å²) in [6.45, 7) is 6.70. The fraction of sp³-hybridized carbons (Fsp3) is 0.636. The molecule has 1 atom stereocenters. The van der Waals surface area contributed by atoms with Crippen molar-refractivity contribution in [2.75, 3.05) is 6.61 Å². The van der Waals surface area contributed by atoms with Gasteiger partial charge in [0.1, 0.15) is 0 Å². The van der Waals surface area contributed by atoms with Crippen molar-refractivity contribution in [1.29, 1.82) is 0 Å². The first-order valence-corrected chi connectivity index (χ1v) is 4.97. The van der Waals surface area contributed by atoms with Crippen LogP contribution in [-0.2, 0) is 11.2 Å². The number of hydrogen-bond acceptors (Lipinski definition) is 3. The van der Waals surface area contributed by atoms with Crippen LogP contribution in [0.1, 0.15) is 26.3 Å². The third-order valence-corrected chi connectivity index (χ3v) is 2.45. The van der Waals surface area contributed by atoms with Crippen molar-refractivity contribution in [2.24, 2.45) is 5.73 Å². The molecule has 0 aromatic carbocycles. The summed E-state index contributed by atoms with van der Waals surface area (Å²) in [6.07, 6.45) is 4.17. The van der Waals surface area contributed by atoms with Crippen molar-refractivity contribution in [2.45, 2.75) is 38.8 Å². The Morgan fingerprint density at radius 3 is 2.79 bits per heavy atom. The van der Waals surface area contributed by atoms with Crippen LogP contribution in [0.3, 0.4) is 0 Å². The lowest BCUT2D eigenvalue weighted by Crippen LogP contribution is -2.46. The summed E-state index contributed by atoms with van der Waals surface area (Å²) < 4.78 is 10.6. The molecular weight excluding hydrogens is 178 g/mol. The van der Waals surface area contributed by atoms with E-state index in [9.17, 15) is 0 Å². The topological polar surface area (TPSA) is 48.4 Å². The van der Waals surface area contributed by atoms with Crippen LogP contribution >= 0.6 is 0 Å². The Kier molecular flexibility index (Phi) is 3.72. The van der Waals surface area contributed by atoms with E-state index in [0.717, 1.165) is 12.0 Å². The molecule has 80 valence electrons. The first kappa shape index (κ1) is 11.3. The van der Waals surface area contributed by atoms with Crippen LogP contribution in [0.25, 0.3) is 0 Å². The van der Waals surface area contributed by atoms with Gasteiger partial charge in [0.2, 0.25) is 0 Å². The van der Waals surface area contributed by atoms with Gasteiger partial charge < -0.3 is 14.9 Å². The van der Waals surface area contributed by atoms with E-state index in [4.69, 9.17) is 14.9 Å². The number of rotatable bonds is 5. The minimum Gasteiger partial charge on any atom is -0.472 e. The third-order valence-electron chi connectivity index (χ3n) is 2.45. The van der Waals surface area contributed by atoms with Gasteiger partial charge in [-0.05, 0) is 38.8 Å². The van der Waals surface area contributed by atoms with Crippen LogP contribution in [0, 0.1) is 0 Å². The standard InChI is InChI=1S/C11H19NO2/c1-4-14-11(2,3)10(12)7-9-5-6-13-8-9/h5-6,8,10H,4,7,12H2,1-3H3.